The first-order chi connectivity index (χ1) is 11.6. The fraction of sp³-hybridized carbons (Fsp3) is 0.111. The van der Waals surface area contributed by atoms with Gasteiger partial charge in [0.05, 0.1) is 6.10 Å². The zero-order valence-electron chi connectivity index (χ0n) is 13.0. The van der Waals surface area contributed by atoms with Crippen LogP contribution in [0.25, 0.3) is 11.5 Å². The minimum Gasteiger partial charge on any atom is -0.389 e. The number of aliphatic hydroxyl groups is 1. The Labute approximate surface area is 139 Å². The first-order valence-corrected chi connectivity index (χ1v) is 7.48. The molecule has 2 aromatic heterocycles. The third kappa shape index (κ3) is 3.44. The molecule has 3 aromatic rings. The largest absolute Gasteiger partial charge is 0.389 e. The Balaban J connectivity index is 1.96. The van der Waals surface area contributed by atoms with Crippen LogP contribution in [-0.4, -0.2) is 26.0 Å². The third-order valence-electron chi connectivity index (χ3n) is 3.43. The molecule has 0 spiro atoms. The van der Waals surface area contributed by atoms with Crippen LogP contribution in [0.15, 0.2) is 60.9 Å². The summed E-state index contributed by atoms with van der Waals surface area (Å²) >= 11 is 0. The molecule has 120 valence electrons. The average molecular weight is 320 g/mol. The van der Waals surface area contributed by atoms with Gasteiger partial charge >= 0.3 is 0 Å². The topological polar surface area (TPSA) is 88.0 Å². The van der Waals surface area contributed by atoms with E-state index < -0.39 is 6.10 Å². The van der Waals surface area contributed by atoms with Gasteiger partial charge in [-0.05, 0) is 31.2 Å². The standard InChI is InChI=1S/C18H16N4O2/c1-12(23)14-11-20-17(15-9-5-6-10-19-15)21-16(14)22-18(24)13-7-3-2-4-8-13/h2-12,23H,1H3,(H,20,21,22,24). The number of carbonyl (C=O) groups is 1. The van der Waals surface area contributed by atoms with Crippen molar-refractivity contribution < 1.29 is 9.90 Å². The molecule has 0 radical (unpaired) electrons. The number of aromatic nitrogens is 3. The maximum atomic E-state index is 12.4. The van der Waals surface area contributed by atoms with E-state index in [2.05, 4.69) is 20.3 Å². The number of amides is 1. The summed E-state index contributed by atoms with van der Waals surface area (Å²) in [6, 6.07) is 14.2. The smallest absolute Gasteiger partial charge is 0.256 e. The highest BCUT2D eigenvalue weighted by atomic mass is 16.3. The second kappa shape index (κ2) is 6.97. The molecular formula is C18H16N4O2. The number of carbonyl (C=O) groups excluding carboxylic acids is 1. The van der Waals surface area contributed by atoms with E-state index in [1.165, 1.54) is 6.20 Å². The van der Waals surface area contributed by atoms with Gasteiger partial charge in [0, 0.05) is 23.5 Å². The molecule has 6 heteroatoms. The lowest BCUT2D eigenvalue weighted by molar-refractivity contribution is 0.102. The van der Waals surface area contributed by atoms with Gasteiger partial charge in [-0.2, -0.15) is 0 Å². The van der Waals surface area contributed by atoms with Gasteiger partial charge in [0.15, 0.2) is 5.82 Å². The first-order valence-electron chi connectivity index (χ1n) is 7.48. The molecule has 0 bridgehead atoms. The minimum absolute atomic E-state index is 0.273. The van der Waals surface area contributed by atoms with Crippen LogP contribution in [-0.2, 0) is 0 Å². The lowest BCUT2D eigenvalue weighted by atomic mass is 10.1. The first kappa shape index (κ1) is 15.8. The van der Waals surface area contributed by atoms with E-state index in [-0.39, 0.29) is 11.7 Å². The number of rotatable bonds is 4. The molecule has 0 aliphatic carbocycles. The molecule has 0 saturated heterocycles. The average Bonchev–Trinajstić information content (AvgIpc) is 2.63. The van der Waals surface area contributed by atoms with E-state index in [0.717, 1.165) is 0 Å². The van der Waals surface area contributed by atoms with E-state index in [9.17, 15) is 9.90 Å². The van der Waals surface area contributed by atoms with Crippen LogP contribution in [0.1, 0.15) is 28.9 Å². The van der Waals surface area contributed by atoms with Crippen molar-refractivity contribution in [3.05, 3.63) is 72.1 Å². The van der Waals surface area contributed by atoms with E-state index in [1.54, 1.807) is 49.5 Å². The van der Waals surface area contributed by atoms with Crippen LogP contribution in [0.3, 0.4) is 0 Å². The summed E-state index contributed by atoms with van der Waals surface area (Å²) < 4.78 is 0. The summed E-state index contributed by atoms with van der Waals surface area (Å²) in [6.07, 6.45) is 2.33. The number of nitrogens with one attached hydrogen (secondary N) is 1. The van der Waals surface area contributed by atoms with Crippen molar-refractivity contribution >= 4 is 11.7 Å². The van der Waals surface area contributed by atoms with E-state index in [1.807, 2.05) is 12.1 Å². The van der Waals surface area contributed by atoms with Crippen LogP contribution < -0.4 is 5.32 Å². The zero-order chi connectivity index (χ0) is 16.9. The fourth-order valence-electron chi connectivity index (χ4n) is 2.18. The van der Waals surface area contributed by atoms with Gasteiger partial charge in [-0.15, -0.1) is 0 Å². The molecule has 1 amide bonds. The normalized spacial score (nSPS) is 11.8. The Morgan fingerprint density at radius 1 is 1.08 bits per heavy atom. The van der Waals surface area contributed by atoms with Crippen LogP contribution in [0.5, 0.6) is 0 Å². The van der Waals surface area contributed by atoms with Crippen molar-refractivity contribution in [1.29, 1.82) is 0 Å². The predicted molar refractivity (Wildman–Crippen MR) is 90.3 cm³/mol. The number of pyridine rings is 1. The van der Waals surface area contributed by atoms with Gasteiger partial charge < -0.3 is 10.4 Å². The Hall–Kier alpha value is -3.12. The molecule has 1 atom stereocenters. The van der Waals surface area contributed by atoms with Gasteiger partial charge in [0.1, 0.15) is 11.5 Å². The Kier molecular flexibility index (Phi) is 4.58. The number of hydrogen-bond acceptors (Lipinski definition) is 5. The molecule has 1 unspecified atom stereocenters. The maximum absolute atomic E-state index is 12.4. The Morgan fingerprint density at radius 3 is 2.50 bits per heavy atom. The van der Waals surface area contributed by atoms with Crippen molar-refractivity contribution in [2.24, 2.45) is 0 Å². The van der Waals surface area contributed by atoms with Crippen molar-refractivity contribution in [2.75, 3.05) is 5.32 Å². The minimum atomic E-state index is -0.811. The highest BCUT2D eigenvalue weighted by molar-refractivity contribution is 6.04. The summed E-state index contributed by atoms with van der Waals surface area (Å²) in [7, 11) is 0. The lowest BCUT2D eigenvalue weighted by Gasteiger charge is -2.13. The van der Waals surface area contributed by atoms with Crippen molar-refractivity contribution in [2.45, 2.75) is 13.0 Å². The number of anilines is 1. The molecule has 3 rings (SSSR count). The zero-order valence-corrected chi connectivity index (χ0v) is 13.0. The third-order valence-corrected chi connectivity index (χ3v) is 3.43. The molecule has 2 N–H and O–H groups in total. The van der Waals surface area contributed by atoms with E-state index in [4.69, 9.17) is 0 Å². The molecule has 2 heterocycles. The van der Waals surface area contributed by atoms with Crippen LogP contribution in [0, 0.1) is 0 Å². The molecule has 0 saturated carbocycles. The molecule has 0 aliphatic heterocycles. The fourth-order valence-corrected chi connectivity index (χ4v) is 2.18. The SMILES string of the molecule is CC(O)c1cnc(-c2ccccn2)nc1NC(=O)c1ccccc1. The summed E-state index contributed by atoms with van der Waals surface area (Å²) in [5.74, 6) is 0.348. The number of nitrogens with zero attached hydrogens (tertiary/aromatic N) is 3. The van der Waals surface area contributed by atoms with Gasteiger partial charge in [0.25, 0.3) is 5.91 Å². The highest BCUT2D eigenvalue weighted by Gasteiger charge is 2.16. The predicted octanol–water partition coefficient (Wildman–Crippen LogP) is 2.84. The van der Waals surface area contributed by atoms with Crippen molar-refractivity contribution in [3.63, 3.8) is 0 Å². The van der Waals surface area contributed by atoms with Gasteiger partial charge in [-0.25, -0.2) is 9.97 Å². The second-order valence-corrected chi connectivity index (χ2v) is 5.21. The second-order valence-electron chi connectivity index (χ2n) is 5.21. The summed E-state index contributed by atoms with van der Waals surface area (Å²) in [6.45, 7) is 1.59. The van der Waals surface area contributed by atoms with Gasteiger partial charge in [-0.1, -0.05) is 24.3 Å². The summed E-state index contributed by atoms with van der Waals surface area (Å²) in [5.41, 5.74) is 1.54. The summed E-state index contributed by atoms with van der Waals surface area (Å²) in [4.78, 5) is 25.2. The lowest BCUT2D eigenvalue weighted by Crippen LogP contribution is -2.16. The number of hydrogen-bond donors (Lipinski definition) is 2. The van der Waals surface area contributed by atoms with Gasteiger partial charge in [0.2, 0.25) is 0 Å². The molecule has 0 aliphatic rings. The Morgan fingerprint density at radius 2 is 1.83 bits per heavy atom. The van der Waals surface area contributed by atoms with Crippen LogP contribution in [0.4, 0.5) is 5.82 Å². The quantitative estimate of drug-likeness (QED) is 0.772. The van der Waals surface area contributed by atoms with E-state index in [0.29, 0.717) is 22.6 Å². The summed E-state index contributed by atoms with van der Waals surface area (Å²) in [5, 5.41) is 12.6. The molecule has 0 fully saturated rings. The molecule has 1 aromatic carbocycles. The van der Waals surface area contributed by atoms with Gasteiger partial charge in [-0.3, -0.25) is 9.78 Å². The van der Waals surface area contributed by atoms with Crippen molar-refractivity contribution in [1.82, 2.24) is 15.0 Å². The van der Waals surface area contributed by atoms with Crippen LogP contribution >= 0.6 is 0 Å². The molecular weight excluding hydrogens is 304 g/mol. The highest BCUT2D eigenvalue weighted by Crippen LogP contribution is 2.23. The number of benzene rings is 1. The maximum Gasteiger partial charge on any atom is 0.256 e. The number of aliphatic hydroxyl groups excluding tert-OH is 1. The Bertz CT molecular complexity index is 836. The molecule has 24 heavy (non-hydrogen) atoms. The monoisotopic (exact) mass is 320 g/mol. The molecule has 6 nitrogen and oxygen atoms in total. The van der Waals surface area contributed by atoms with Crippen molar-refractivity contribution in [3.8, 4) is 11.5 Å². The van der Waals surface area contributed by atoms with E-state index >= 15 is 0 Å². The van der Waals surface area contributed by atoms with Crippen LogP contribution in [0.2, 0.25) is 0 Å².